The van der Waals surface area contributed by atoms with Crippen molar-refractivity contribution in [3.05, 3.63) is 91.0 Å². The van der Waals surface area contributed by atoms with E-state index in [1.807, 2.05) is 11.8 Å². The Kier molecular flexibility index (Phi) is 5.33. The molecule has 1 fully saturated rings. The second-order valence-corrected chi connectivity index (χ2v) is 12.8. The van der Waals surface area contributed by atoms with Crippen molar-refractivity contribution in [3.8, 4) is 0 Å². The maximum absolute atomic E-state index is 5.27. The molecule has 0 amide bonds. The molecule has 0 N–H and O–H groups in total. The fourth-order valence-electron chi connectivity index (χ4n) is 4.53. The lowest BCUT2D eigenvalue weighted by Gasteiger charge is -2.29. The van der Waals surface area contributed by atoms with Crippen LogP contribution in [-0.4, -0.2) is 23.0 Å². The van der Waals surface area contributed by atoms with Crippen LogP contribution in [0.4, 0.5) is 0 Å². The van der Waals surface area contributed by atoms with Gasteiger partial charge in [-0.2, -0.15) is 0 Å². The van der Waals surface area contributed by atoms with Gasteiger partial charge in [-0.25, -0.2) is 0 Å². The van der Waals surface area contributed by atoms with Crippen LogP contribution in [0.2, 0.25) is 0 Å². The zero-order valence-corrected chi connectivity index (χ0v) is 18.5. The molecule has 1 nitrogen and oxygen atoms in total. The minimum Gasteiger partial charge on any atom is -0.275 e. The summed E-state index contributed by atoms with van der Waals surface area (Å²) in [4.78, 5) is 5.27. The van der Waals surface area contributed by atoms with Crippen LogP contribution in [0.25, 0.3) is 0 Å². The Bertz CT molecular complexity index is 890. The molecule has 29 heavy (non-hydrogen) atoms. The van der Waals surface area contributed by atoms with Crippen molar-refractivity contribution in [2.45, 2.75) is 19.4 Å². The molecular weight excluding hydrogens is 389 g/mol. The predicted octanol–water partition coefficient (Wildman–Crippen LogP) is 5.15. The van der Waals surface area contributed by atoms with Gasteiger partial charge >= 0.3 is 0 Å². The summed E-state index contributed by atoms with van der Waals surface area (Å²) >= 11 is 2.02. The Balaban J connectivity index is 1.63. The molecule has 1 aliphatic carbocycles. The van der Waals surface area contributed by atoms with Crippen LogP contribution in [-0.2, 0) is 0 Å². The summed E-state index contributed by atoms with van der Waals surface area (Å²) in [6, 6.07) is 34.0. The summed E-state index contributed by atoms with van der Waals surface area (Å²) in [5.74, 6) is 2.70. The van der Waals surface area contributed by atoms with E-state index in [4.69, 9.17) is 4.99 Å². The fourth-order valence-corrected chi connectivity index (χ4v) is 10.4. The Hall–Kier alpha value is -1.89. The predicted molar refractivity (Wildman–Crippen MR) is 131 cm³/mol. The number of thioether (sulfide) groups is 1. The third kappa shape index (κ3) is 3.69. The summed E-state index contributed by atoms with van der Waals surface area (Å²) < 4.78 is 0. The van der Waals surface area contributed by atoms with Crippen molar-refractivity contribution >= 4 is 40.0 Å². The highest BCUT2D eigenvalue weighted by molar-refractivity contribution is 8.14. The standard InChI is InChI=1S/C26H27NPS/c1-20-17-25(20)26-27-21(19-29-26)18-28(22-11-5-2-6-12-22,23-13-7-3-8-14-23)24-15-9-4-10-16-24/h2-16,20-21,25H,17-19H2,1H3/q+1/t20-,21+,25+/m0/s1. The topological polar surface area (TPSA) is 12.4 Å². The van der Waals surface area contributed by atoms with Crippen LogP contribution in [0.1, 0.15) is 13.3 Å². The molecule has 5 rings (SSSR count). The van der Waals surface area contributed by atoms with Gasteiger partial charge in [-0.15, -0.1) is 11.8 Å². The van der Waals surface area contributed by atoms with Gasteiger partial charge in [0.05, 0.1) is 17.2 Å². The molecule has 1 aliphatic heterocycles. The Morgan fingerprint density at radius 3 is 1.66 bits per heavy atom. The number of rotatable bonds is 6. The molecule has 1 saturated carbocycles. The quantitative estimate of drug-likeness (QED) is 0.506. The van der Waals surface area contributed by atoms with E-state index < -0.39 is 7.26 Å². The van der Waals surface area contributed by atoms with Crippen LogP contribution >= 0.6 is 19.0 Å². The van der Waals surface area contributed by atoms with E-state index in [2.05, 4.69) is 97.9 Å². The molecule has 0 saturated heterocycles. The zero-order valence-electron chi connectivity index (χ0n) is 16.8. The Labute approximate surface area is 179 Å². The first kappa shape index (κ1) is 19.1. The lowest BCUT2D eigenvalue weighted by Crippen LogP contribution is -2.36. The van der Waals surface area contributed by atoms with Crippen LogP contribution in [0, 0.1) is 11.8 Å². The normalized spacial score (nSPS) is 23.6. The highest BCUT2D eigenvalue weighted by Crippen LogP contribution is 2.57. The minimum absolute atomic E-state index is 0.400. The lowest BCUT2D eigenvalue weighted by molar-refractivity contribution is 0.859. The Morgan fingerprint density at radius 2 is 1.24 bits per heavy atom. The van der Waals surface area contributed by atoms with Crippen molar-refractivity contribution in [2.24, 2.45) is 16.8 Å². The molecule has 0 spiro atoms. The summed E-state index contributed by atoms with van der Waals surface area (Å²) in [6.45, 7) is 2.36. The van der Waals surface area contributed by atoms with Crippen molar-refractivity contribution in [1.29, 1.82) is 0 Å². The van der Waals surface area contributed by atoms with E-state index >= 15 is 0 Å². The van der Waals surface area contributed by atoms with Crippen molar-refractivity contribution in [2.75, 3.05) is 11.9 Å². The summed E-state index contributed by atoms with van der Waals surface area (Å²) in [7, 11) is -1.77. The van der Waals surface area contributed by atoms with E-state index in [1.54, 1.807) is 0 Å². The average Bonchev–Trinajstić information content (AvgIpc) is 3.34. The third-order valence-electron chi connectivity index (χ3n) is 6.24. The van der Waals surface area contributed by atoms with Crippen LogP contribution in [0.3, 0.4) is 0 Å². The largest absolute Gasteiger partial charge is 0.275 e. The van der Waals surface area contributed by atoms with Gasteiger partial charge in [0.2, 0.25) is 0 Å². The monoisotopic (exact) mass is 416 g/mol. The Morgan fingerprint density at radius 1 is 0.793 bits per heavy atom. The summed E-state index contributed by atoms with van der Waals surface area (Å²) in [5.41, 5.74) is 0. The van der Waals surface area contributed by atoms with E-state index in [1.165, 1.54) is 27.4 Å². The second kappa shape index (κ2) is 8.09. The molecule has 146 valence electrons. The fraction of sp³-hybridized carbons (Fsp3) is 0.269. The molecule has 3 atom stereocenters. The second-order valence-electron chi connectivity index (χ2n) is 8.25. The highest BCUT2D eigenvalue weighted by Gasteiger charge is 2.49. The van der Waals surface area contributed by atoms with E-state index in [9.17, 15) is 0 Å². The summed E-state index contributed by atoms with van der Waals surface area (Å²) in [5, 5.41) is 5.82. The van der Waals surface area contributed by atoms with E-state index in [0.717, 1.165) is 23.8 Å². The van der Waals surface area contributed by atoms with Gasteiger partial charge in [0.1, 0.15) is 23.2 Å². The molecule has 2 aliphatic rings. The molecule has 0 aromatic heterocycles. The molecule has 3 aromatic rings. The first-order valence-corrected chi connectivity index (χ1v) is 13.5. The first-order valence-electron chi connectivity index (χ1n) is 10.5. The zero-order chi connectivity index (χ0) is 19.7. The first-order chi connectivity index (χ1) is 14.3. The van der Waals surface area contributed by atoms with Crippen molar-refractivity contribution in [1.82, 2.24) is 0 Å². The molecule has 0 bridgehead atoms. The third-order valence-corrected chi connectivity index (χ3v) is 12.0. The van der Waals surface area contributed by atoms with Crippen molar-refractivity contribution < 1.29 is 0 Å². The minimum atomic E-state index is -1.77. The van der Waals surface area contributed by atoms with Gasteiger partial charge in [0.25, 0.3) is 0 Å². The maximum atomic E-state index is 5.27. The number of hydrogen-bond acceptors (Lipinski definition) is 2. The maximum Gasteiger partial charge on any atom is 0.114 e. The van der Waals surface area contributed by atoms with Gasteiger partial charge in [0.15, 0.2) is 0 Å². The van der Waals surface area contributed by atoms with Gasteiger partial charge in [-0.1, -0.05) is 61.5 Å². The van der Waals surface area contributed by atoms with Gasteiger partial charge in [-0.3, -0.25) is 4.99 Å². The summed E-state index contributed by atoms with van der Waals surface area (Å²) in [6.07, 6.45) is 2.44. The smallest absolute Gasteiger partial charge is 0.114 e. The van der Waals surface area contributed by atoms with Crippen LogP contribution in [0.15, 0.2) is 96.0 Å². The number of nitrogens with zero attached hydrogens (tertiary/aromatic N) is 1. The lowest BCUT2D eigenvalue weighted by atomic mass is 10.3. The van der Waals surface area contributed by atoms with Gasteiger partial charge in [-0.05, 0) is 48.7 Å². The van der Waals surface area contributed by atoms with Crippen LogP contribution < -0.4 is 15.9 Å². The number of aliphatic imine (C=N–C) groups is 1. The van der Waals surface area contributed by atoms with Gasteiger partial charge < -0.3 is 0 Å². The van der Waals surface area contributed by atoms with Crippen molar-refractivity contribution in [3.63, 3.8) is 0 Å². The molecule has 0 unspecified atom stereocenters. The van der Waals surface area contributed by atoms with E-state index in [-0.39, 0.29) is 0 Å². The number of benzene rings is 3. The molecule has 1 heterocycles. The SMILES string of the molecule is C[C@H]1C[C@H]1C1=N[C@H](C[P+](c2ccccc2)(c2ccccc2)c2ccccc2)CS1. The molecule has 3 aromatic carbocycles. The van der Waals surface area contributed by atoms with E-state index in [0.29, 0.717) is 6.04 Å². The average molecular weight is 417 g/mol. The van der Waals surface area contributed by atoms with Crippen LogP contribution in [0.5, 0.6) is 0 Å². The number of hydrogen-bond donors (Lipinski definition) is 0. The molecule has 3 heteroatoms. The molecule has 0 radical (unpaired) electrons. The van der Waals surface area contributed by atoms with Gasteiger partial charge in [0, 0.05) is 11.7 Å². The highest BCUT2D eigenvalue weighted by atomic mass is 32.2. The molecular formula is C26H27NPS+.